The molecule has 0 aromatic carbocycles. The summed E-state index contributed by atoms with van der Waals surface area (Å²) in [5, 5.41) is 3.02. The molecular weight excluding hydrogens is 294 g/mol. The Morgan fingerprint density at radius 3 is 2.61 bits per heavy atom. The molecule has 2 aliphatic carbocycles. The smallest absolute Gasteiger partial charge is 0.167 e. The van der Waals surface area contributed by atoms with Gasteiger partial charge in [-0.3, -0.25) is 9.59 Å². The summed E-state index contributed by atoms with van der Waals surface area (Å²) in [6.07, 6.45) is 11.8. The minimum Gasteiger partial charge on any atom is -0.361 e. The Bertz CT molecular complexity index is 480. The van der Waals surface area contributed by atoms with Crippen molar-refractivity contribution in [2.75, 3.05) is 0 Å². The quantitative estimate of drug-likeness (QED) is 0.630. The van der Waals surface area contributed by atoms with Gasteiger partial charge in [0, 0.05) is 24.7 Å². The van der Waals surface area contributed by atoms with Gasteiger partial charge in [-0.2, -0.15) is 0 Å². The lowest BCUT2D eigenvalue weighted by molar-refractivity contribution is -0.123. The third-order valence-corrected chi connectivity index (χ3v) is 3.43. The van der Waals surface area contributed by atoms with Crippen molar-refractivity contribution in [3.63, 3.8) is 0 Å². The zero-order valence-corrected chi connectivity index (χ0v) is 11.5. The van der Waals surface area contributed by atoms with Crippen molar-refractivity contribution in [2.45, 2.75) is 25.7 Å². The Balaban J connectivity index is 2.10. The second-order valence-electron chi connectivity index (χ2n) is 4.24. The van der Waals surface area contributed by atoms with E-state index in [-0.39, 0.29) is 11.6 Å². The maximum atomic E-state index is 11.6. The van der Waals surface area contributed by atoms with Crippen LogP contribution in [0.4, 0.5) is 0 Å². The highest BCUT2D eigenvalue weighted by molar-refractivity contribution is 9.11. The van der Waals surface area contributed by atoms with Crippen molar-refractivity contribution >= 4 is 27.5 Å². The van der Waals surface area contributed by atoms with Crippen LogP contribution >= 0.6 is 15.9 Å². The van der Waals surface area contributed by atoms with Gasteiger partial charge < -0.3 is 5.32 Å². The van der Waals surface area contributed by atoms with E-state index in [4.69, 9.17) is 0 Å². The minimum atomic E-state index is -0.0614. The molecule has 3 nitrogen and oxygen atoms in total. The average molecular weight is 308 g/mol. The van der Waals surface area contributed by atoms with Gasteiger partial charge in [-0.05, 0) is 35.6 Å². The monoisotopic (exact) mass is 307 g/mol. The van der Waals surface area contributed by atoms with Gasteiger partial charge in [0.15, 0.2) is 11.6 Å². The fourth-order valence-electron chi connectivity index (χ4n) is 1.85. The molecule has 0 amide bonds. The Kier molecular flexibility index (Phi) is 4.31. The summed E-state index contributed by atoms with van der Waals surface area (Å²) in [6.45, 7) is 0. The minimum absolute atomic E-state index is 0.0614. The second-order valence-corrected chi connectivity index (χ2v) is 5.26. The van der Waals surface area contributed by atoms with E-state index in [1.54, 1.807) is 0 Å². The van der Waals surface area contributed by atoms with E-state index in [1.807, 2.05) is 24.3 Å². The van der Waals surface area contributed by atoms with E-state index in [1.165, 1.54) is 6.20 Å². The topological polar surface area (TPSA) is 46.2 Å². The maximum absolute atomic E-state index is 11.6. The van der Waals surface area contributed by atoms with Crippen LogP contribution in [0.1, 0.15) is 25.7 Å². The molecule has 0 atom stereocenters. The SMILES string of the molecule is O=C1CCCC(=O)C1=CNC1=CC=C(Br)CC=C1. The van der Waals surface area contributed by atoms with Crippen LogP contribution in [0, 0.1) is 0 Å². The highest BCUT2D eigenvalue weighted by atomic mass is 79.9. The Labute approximate surface area is 114 Å². The number of ketones is 2. The van der Waals surface area contributed by atoms with Crippen LogP contribution in [0.15, 0.2) is 46.3 Å². The largest absolute Gasteiger partial charge is 0.361 e. The van der Waals surface area contributed by atoms with Crippen molar-refractivity contribution in [1.29, 1.82) is 0 Å². The number of carbonyl (C=O) groups is 2. The molecule has 0 spiro atoms. The lowest BCUT2D eigenvalue weighted by atomic mass is 9.93. The van der Waals surface area contributed by atoms with Crippen LogP contribution in [0.3, 0.4) is 0 Å². The molecule has 0 aromatic rings. The van der Waals surface area contributed by atoms with Crippen LogP contribution in [-0.2, 0) is 9.59 Å². The summed E-state index contributed by atoms with van der Waals surface area (Å²) < 4.78 is 1.09. The number of rotatable bonds is 2. The molecule has 1 N–H and O–H groups in total. The van der Waals surface area contributed by atoms with E-state index in [9.17, 15) is 9.59 Å². The molecule has 1 fully saturated rings. The molecule has 94 valence electrons. The molecule has 18 heavy (non-hydrogen) atoms. The van der Waals surface area contributed by atoms with Crippen LogP contribution in [0.5, 0.6) is 0 Å². The fourth-order valence-corrected chi connectivity index (χ4v) is 2.17. The summed E-state index contributed by atoms with van der Waals surface area (Å²) in [6, 6.07) is 0. The molecule has 2 aliphatic rings. The number of carbonyl (C=O) groups excluding carboxylic acids is 2. The van der Waals surface area contributed by atoms with Crippen molar-refractivity contribution in [1.82, 2.24) is 5.32 Å². The van der Waals surface area contributed by atoms with Crippen molar-refractivity contribution in [2.24, 2.45) is 0 Å². The normalized spacial score (nSPS) is 20.2. The molecule has 2 rings (SSSR count). The first-order valence-corrected chi connectivity index (χ1v) is 6.72. The molecule has 0 aromatic heterocycles. The lowest BCUT2D eigenvalue weighted by Gasteiger charge is -2.11. The van der Waals surface area contributed by atoms with E-state index in [2.05, 4.69) is 21.2 Å². The van der Waals surface area contributed by atoms with Crippen molar-refractivity contribution in [3.8, 4) is 0 Å². The molecule has 0 bridgehead atoms. The first-order valence-electron chi connectivity index (χ1n) is 5.93. The molecule has 4 heteroatoms. The average Bonchev–Trinajstić information content (AvgIpc) is 2.54. The van der Waals surface area contributed by atoms with Gasteiger partial charge in [0.1, 0.15) is 0 Å². The molecule has 0 aliphatic heterocycles. The zero-order valence-electron chi connectivity index (χ0n) is 9.91. The van der Waals surface area contributed by atoms with Gasteiger partial charge in [-0.25, -0.2) is 0 Å². The van der Waals surface area contributed by atoms with Crippen LogP contribution < -0.4 is 5.32 Å². The highest BCUT2D eigenvalue weighted by Crippen LogP contribution is 2.17. The van der Waals surface area contributed by atoms with Gasteiger partial charge in [0.2, 0.25) is 0 Å². The number of nitrogens with one attached hydrogen (secondary N) is 1. The van der Waals surface area contributed by atoms with E-state index in [0.29, 0.717) is 24.8 Å². The molecular formula is C14H14BrNO2. The number of hydrogen-bond donors (Lipinski definition) is 1. The van der Waals surface area contributed by atoms with Crippen molar-refractivity contribution < 1.29 is 9.59 Å². The first-order chi connectivity index (χ1) is 8.66. The summed E-state index contributed by atoms with van der Waals surface area (Å²) in [5.41, 5.74) is 1.16. The molecule has 0 heterocycles. The first kappa shape index (κ1) is 13.0. The standard InChI is InChI=1S/C14H14BrNO2/c15-10-3-1-4-11(8-7-10)16-9-12-13(17)5-2-6-14(12)18/h1,4,7-9,16H,2-3,5-6H2. The summed E-state index contributed by atoms with van der Waals surface area (Å²) in [7, 11) is 0. The van der Waals surface area contributed by atoms with Crippen LogP contribution in [0.2, 0.25) is 0 Å². The molecule has 0 unspecified atom stereocenters. The predicted octanol–water partition coefficient (Wildman–Crippen LogP) is 2.90. The van der Waals surface area contributed by atoms with Gasteiger partial charge in [0.25, 0.3) is 0 Å². The Hall–Kier alpha value is -1.42. The Morgan fingerprint density at radius 1 is 1.17 bits per heavy atom. The van der Waals surface area contributed by atoms with Crippen LogP contribution in [0.25, 0.3) is 0 Å². The van der Waals surface area contributed by atoms with Gasteiger partial charge in [-0.1, -0.05) is 22.0 Å². The third-order valence-electron chi connectivity index (χ3n) is 2.85. The van der Waals surface area contributed by atoms with Gasteiger partial charge in [-0.15, -0.1) is 0 Å². The van der Waals surface area contributed by atoms with Gasteiger partial charge in [0.05, 0.1) is 5.57 Å². The number of allylic oxidation sites excluding steroid dienone is 6. The van der Waals surface area contributed by atoms with E-state index in [0.717, 1.165) is 16.6 Å². The molecule has 1 saturated carbocycles. The van der Waals surface area contributed by atoms with Crippen molar-refractivity contribution in [3.05, 3.63) is 46.3 Å². The number of Topliss-reactive ketones (excluding diaryl/α,β-unsaturated/α-hetero) is 2. The second kappa shape index (κ2) is 5.96. The maximum Gasteiger partial charge on any atom is 0.167 e. The zero-order chi connectivity index (χ0) is 13.0. The fraction of sp³-hybridized carbons (Fsp3) is 0.286. The van der Waals surface area contributed by atoms with Gasteiger partial charge >= 0.3 is 0 Å². The van der Waals surface area contributed by atoms with Crippen LogP contribution in [-0.4, -0.2) is 11.6 Å². The summed E-state index contributed by atoms with van der Waals surface area (Å²) in [5.74, 6) is -0.123. The summed E-state index contributed by atoms with van der Waals surface area (Å²) >= 11 is 3.43. The van der Waals surface area contributed by atoms with E-state index >= 15 is 0 Å². The number of hydrogen-bond acceptors (Lipinski definition) is 3. The lowest BCUT2D eigenvalue weighted by Crippen LogP contribution is -2.21. The Morgan fingerprint density at radius 2 is 1.89 bits per heavy atom. The van der Waals surface area contributed by atoms with E-state index < -0.39 is 0 Å². The highest BCUT2D eigenvalue weighted by Gasteiger charge is 2.22. The molecule has 0 saturated heterocycles. The number of halogens is 1. The summed E-state index contributed by atoms with van der Waals surface area (Å²) in [4.78, 5) is 23.2. The molecule has 0 radical (unpaired) electrons. The predicted molar refractivity (Wildman–Crippen MR) is 73.9 cm³/mol. The third kappa shape index (κ3) is 3.29.